The van der Waals surface area contributed by atoms with Gasteiger partial charge in [-0.05, 0) is 37.4 Å². The van der Waals surface area contributed by atoms with Gasteiger partial charge < -0.3 is 10.1 Å². The van der Waals surface area contributed by atoms with Crippen LogP contribution >= 0.6 is 0 Å². The van der Waals surface area contributed by atoms with Crippen molar-refractivity contribution < 1.29 is 9.53 Å². The number of nitrogens with zero attached hydrogens (tertiary/aromatic N) is 1. The molecule has 0 aliphatic carbocycles. The molecule has 0 bridgehead atoms. The van der Waals surface area contributed by atoms with Crippen molar-refractivity contribution in [2.24, 2.45) is 0 Å². The van der Waals surface area contributed by atoms with Crippen molar-refractivity contribution in [2.75, 3.05) is 19.7 Å². The molecular formula is C16H18N2O2. The number of carbonyl (C=O) groups excluding carboxylic acids is 1. The largest absolute Gasteiger partial charge is 0.370 e. The van der Waals surface area contributed by atoms with E-state index in [0.29, 0.717) is 5.56 Å². The van der Waals surface area contributed by atoms with Crippen LogP contribution in [-0.4, -0.2) is 36.6 Å². The molecule has 1 aliphatic rings. The van der Waals surface area contributed by atoms with Crippen molar-refractivity contribution in [3.8, 4) is 0 Å². The summed E-state index contributed by atoms with van der Waals surface area (Å²) in [5.41, 5.74) is 0.699. The average Bonchev–Trinajstić information content (AvgIpc) is 2.53. The Morgan fingerprint density at radius 3 is 3.00 bits per heavy atom. The molecule has 1 aromatic carbocycles. The molecule has 0 spiro atoms. The Morgan fingerprint density at radius 2 is 2.15 bits per heavy atom. The molecule has 20 heavy (non-hydrogen) atoms. The Labute approximate surface area is 118 Å². The fraction of sp³-hybridized carbons (Fsp3) is 0.375. The number of fused-ring (bicyclic) bond motifs is 1. The lowest BCUT2D eigenvalue weighted by Crippen LogP contribution is -2.33. The molecule has 0 saturated carbocycles. The second kappa shape index (κ2) is 6.11. The van der Waals surface area contributed by atoms with Crippen LogP contribution in [0.4, 0.5) is 0 Å². The number of hydrogen-bond acceptors (Lipinski definition) is 4. The minimum atomic E-state index is 0.0298. The first-order chi connectivity index (χ1) is 9.84. The second-order valence-electron chi connectivity index (χ2n) is 5.09. The molecule has 104 valence electrons. The molecule has 4 nitrogen and oxygen atoms in total. The van der Waals surface area contributed by atoms with E-state index >= 15 is 0 Å². The van der Waals surface area contributed by atoms with Gasteiger partial charge in [0, 0.05) is 23.3 Å². The first-order valence-electron chi connectivity index (χ1n) is 7.03. The first-order valence-corrected chi connectivity index (χ1v) is 7.03. The van der Waals surface area contributed by atoms with E-state index in [1.54, 1.807) is 12.4 Å². The van der Waals surface area contributed by atoms with Gasteiger partial charge in [-0.25, -0.2) is 0 Å². The molecule has 0 atom stereocenters. The zero-order chi connectivity index (χ0) is 13.8. The monoisotopic (exact) mass is 270 g/mol. The highest BCUT2D eigenvalue weighted by atomic mass is 16.5. The smallest absolute Gasteiger partial charge is 0.189 e. The predicted molar refractivity (Wildman–Crippen MR) is 77.9 cm³/mol. The predicted octanol–water partition coefficient (Wildman–Crippen LogP) is 2.19. The Hall–Kier alpha value is -1.78. The lowest BCUT2D eigenvalue weighted by molar-refractivity contribution is 0.0318. The summed E-state index contributed by atoms with van der Waals surface area (Å²) in [4.78, 5) is 16.4. The van der Waals surface area contributed by atoms with E-state index in [1.807, 2.05) is 24.3 Å². The molecule has 1 N–H and O–H groups in total. The van der Waals surface area contributed by atoms with Crippen LogP contribution in [0.2, 0.25) is 0 Å². The van der Waals surface area contributed by atoms with Gasteiger partial charge in [-0.15, -0.1) is 0 Å². The fourth-order valence-electron chi connectivity index (χ4n) is 2.59. The van der Waals surface area contributed by atoms with Crippen LogP contribution < -0.4 is 5.32 Å². The van der Waals surface area contributed by atoms with Crippen molar-refractivity contribution in [1.29, 1.82) is 0 Å². The van der Waals surface area contributed by atoms with Crippen LogP contribution in [-0.2, 0) is 4.74 Å². The van der Waals surface area contributed by atoms with Crippen LogP contribution in [0.3, 0.4) is 0 Å². The van der Waals surface area contributed by atoms with Crippen molar-refractivity contribution in [3.05, 3.63) is 42.2 Å². The fourth-order valence-corrected chi connectivity index (χ4v) is 2.59. The number of ketones is 1. The van der Waals surface area contributed by atoms with Gasteiger partial charge in [-0.2, -0.15) is 0 Å². The van der Waals surface area contributed by atoms with Gasteiger partial charge >= 0.3 is 0 Å². The number of hydrogen-bond donors (Lipinski definition) is 1. The Bertz CT molecular complexity index is 601. The maximum Gasteiger partial charge on any atom is 0.189 e. The number of ether oxygens (including phenoxy) is 1. The number of carbonyl (C=O) groups is 1. The molecule has 1 saturated heterocycles. The Kier molecular flexibility index (Phi) is 4.04. The molecule has 1 aromatic heterocycles. The minimum Gasteiger partial charge on any atom is -0.370 e. The van der Waals surface area contributed by atoms with E-state index in [4.69, 9.17) is 4.74 Å². The van der Waals surface area contributed by atoms with Gasteiger partial charge in [-0.3, -0.25) is 9.78 Å². The van der Waals surface area contributed by atoms with Gasteiger partial charge in [0.1, 0.15) is 6.61 Å². The third-order valence-corrected chi connectivity index (χ3v) is 3.72. The molecular weight excluding hydrogens is 252 g/mol. The third-order valence-electron chi connectivity index (χ3n) is 3.72. The van der Waals surface area contributed by atoms with Crippen LogP contribution in [0.25, 0.3) is 10.8 Å². The van der Waals surface area contributed by atoms with E-state index in [-0.39, 0.29) is 18.5 Å². The van der Waals surface area contributed by atoms with E-state index in [9.17, 15) is 4.79 Å². The summed E-state index contributed by atoms with van der Waals surface area (Å²) in [6.07, 6.45) is 5.64. The Morgan fingerprint density at radius 1 is 1.30 bits per heavy atom. The summed E-state index contributed by atoms with van der Waals surface area (Å²) in [6.45, 7) is 2.09. The van der Waals surface area contributed by atoms with E-state index in [0.717, 1.165) is 36.7 Å². The van der Waals surface area contributed by atoms with Crippen molar-refractivity contribution in [3.63, 3.8) is 0 Å². The van der Waals surface area contributed by atoms with Crippen LogP contribution in [0.15, 0.2) is 36.7 Å². The quantitative estimate of drug-likeness (QED) is 0.865. The number of aromatic nitrogens is 1. The molecule has 1 fully saturated rings. The summed E-state index contributed by atoms with van der Waals surface area (Å²) in [5.74, 6) is 0.0298. The highest BCUT2D eigenvalue weighted by Crippen LogP contribution is 2.18. The van der Waals surface area contributed by atoms with Gasteiger partial charge in [0.05, 0.1) is 6.10 Å². The lowest BCUT2D eigenvalue weighted by atomic mass is 10.0. The molecule has 2 heterocycles. The second-order valence-corrected chi connectivity index (χ2v) is 5.09. The summed E-state index contributed by atoms with van der Waals surface area (Å²) < 4.78 is 5.74. The molecule has 2 aromatic rings. The van der Waals surface area contributed by atoms with Crippen molar-refractivity contribution in [1.82, 2.24) is 10.3 Å². The van der Waals surface area contributed by atoms with Crippen LogP contribution in [0.1, 0.15) is 23.2 Å². The van der Waals surface area contributed by atoms with Crippen LogP contribution in [0, 0.1) is 0 Å². The lowest BCUT2D eigenvalue weighted by Gasteiger charge is -2.22. The zero-order valence-electron chi connectivity index (χ0n) is 11.3. The van der Waals surface area contributed by atoms with Gasteiger partial charge in [-0.1, -0.05) is 18.2 Å². The molecule has 3 rings (SSSR count). The average molecular weight is 270 g/mol. The maximum absolute atomic E-state index is 12.3. The Balaban J connectivity index is 1.72. The molecule has 1 aliphatic heterocycles. The zero-order valence-corrected chi connectivity index (χ0v) is 11.3. The molecule has 0 amide bonds. The van der Waals surface area contributed by atoms with E-state index in [1.165, 1.54) is 0 Å². The maximum atomic E-state index is 12.3. The van der Waals surface area contributed by atoms with Gasteiger partial charge in [0.25, 0.3) is 0 Å². The summed E-state index contributed by atoms with van der Waals surface area (Å²) in [5, 5.41) is 5.22. The SMILES string of the molecule is O=C(COC1CCNCC1)c1cccc2ccncc12. The standard InChI is InChI=1S/C16H18N2O2/c19-16(11-20-13-5-8-17-9-6-13)14-3-1-2-12-4-7-18-10-15(12)14/h1-4,7,10,13,17H,5-6,8-9,11H2. The number of benzene rings is 1. The normalized spacial score (nSPS) is 16.4. The van der Waals surface area contributed by atoms with E-state index < -0.39 is 0 Å². The van der Waals surface area contributed by atoms with Gasteiger partial charge in [0.15, 0.2) is 5.78 Å². The minimum absolute atomic E-state index is 0.0298. The summed E-state index contributed by atoms with van der Waals surface area (Å²) in [6, 6.07) is 7.65. The summed E-state index contributed by atoms with van der Waals surface area (Å²) in [7, 11) is 0. The van der Waals surface area contributed by atoms with E-state index in [2.05, 4.69) is 10.3 Å². The first kappa shape index (κ1) is 13.2. The molecule has 0 radical (unpaired) electrons. The number of piperidine rings is 1. The van der Waals surface area contributed by atoms with Crippen molar-refractivity contribution >= 4 is 16.6 Å². The van der Waals surface area contributed by atoms with Gasteiger partial charge in [0.2, 0.25) is 0 Å². The number of pyridine rings is 1. The number of nitrogens with one attached hydrogen (secondary N) is 1. The number of rotatable bonds is 4. The van der Waals surface area contributed by atoms with Crippen LogP contribution in [0.5, 0.6) is 0 Å². The molecule has 4 heteroatoms. The van der Waals surface area contributed by atoms with Crippen molar-refractivity contribution in [2.45, 2.75) is 18.9 Å². The highest BCUT2D eigenvalue weighted by Gasteiger charge is 2.16. The highest BCUT2D eigenvalue weighted by molar-refractivity contribution is 6.08. The topological polar surface area (TPSA) is 51.2 Å². The molecule has 0 unspecified atom stereocenters. The number of Topliss-reactive ketones (excluding diaryl/α,β-unsaturated/α-hetero) is 1. The summed E-state index contributed by atoms with van der Waals surface area (Å²) >= 11 is 0. The third kappa shape index (κ3) is 2.86.